The minimum absolute atomic E-state index is 0.556. The van der Waals surface area contributed by atoms with Gasteiger partial charge in [-0.15, -0.1) is 0 Å². The summed E-state index contributed by atoms with van der Waals surface area (Å²) < 4.78 is 0. The zero-order chi connectivity index (χ0) is 14.0. The summed E-state index contributed by atoms with van der Waals surface area (Å²) in [5, 5.41) is 7.82. The Labute approximate surface area is 112 Å². The first kappa shape index (κ1) is 16.4. The van der Waals surface area contributed by atoms with Crippen molar-refractivity contribution in [2.45, 2.75) is 34.1 Å². The lowest BCUT2D eigenvalue weighted by atomic mass is 10.0. The topological polar surface area (TPSA) is 23.9 Å². The molecule has 0 heterocycles. The highest BCUT2D eigenvalue weighted by atomic mass is 14.4. The molecule has 0 aliphatic rings. The van der Waals surface area contributed by atoms with Gasteiger partial charge in [-0.2, -0.15) is 0 Å². The second-order valence-corrected chi connectivity index (χ2v) is 4.63. The molecule has 1 nitrogen and oxygen atoms in total. The van der Waals surface area contributed by atoms with E-state index in [1.807, 2.05) is 43.3 Å². The molecule has 0 radical (unpaired) electrons. The maximum atomic E-state index is 7.82. The predicted molar refractivity (Wildman–Crippen MR) is 82.4 cm³/mol. The van der Waals surface area contributed by atoms with Crippen molar-refractivity contribution in [3.8, 4) is 0 Å². The average Bonchev–Trinajstić information content (AvgIpc) is 2.39. The molecule has 18 heavy (non-hydrogen) atoms. The smallest absolute Gasteiger partial charge is 0.0641 e. The highest BCUT2D eigenvalue weighted by Crippen LogP contribution is 2.07. The normalized spacial score (nSPS) is 10.6. The first-order valence-corrected chi connectivity index (χ1v) is 6.46. The number of rotatable bonds is 4. The van der Waals surface area contributed by atoms with E-state index in [2.05, 4.69) is 27.4 Å². The molecule has 1 N–H and O–H groups in total. The molecule has 0 fully saturated rings. The third-order valence-electron chi connectivity index (χ3n) is 2.64. The molecule has 1 heteroatoms. The maximum absolute atomic E-state index is 7.82. The number of nitrogens with one attached hydrogen (secondary N) is 1. The number of allylic oxidation sites excluding steroid dienone is 3. The first-order valence-electron chi connectivity index (χ1n) is 6.46. The molecule has 0 saturated carbocycles. The van der Waals surface area contributed by atoms with Gasteiger partial charge in [-0.1, -0.05) is 76.3 Å². The van der Waals surface area contributed by atoms with Gasteiger partial charge in [0.1, 0.15) is 0 Å². The van der Waals surface area contributed by atoms with Crippen LogP contribution < -0.4 is 0 Å². The van der Waals surface area contributed by atoms with E-state index in [0.29, 0.717) is 5.71 Å². The lowest BCUT2D eigenvalue weighted by Crippen LogP contribution is -1.99. The Kier molecular flexibility index (Phi) is 8.55. The van der Waals surface area contributed by atoms with E-state index >= 15 is 0 Å². The number of hydrogen-bond acceptors (Lipinski definition) is 1. The van der Waals surface area contributed by atoms with Crippen molar-refractivity contribution in [2.75, 3.05) is 0 Å². The summed E-state index contributed by atoms with van der Waals surface area (Å²) in [6, 6.07) is 9.69. The minimum Gasteiger partial charge on any atom is -0.300 e. The summed E-state index contributed by atoms with van der Waals surface area (Å²) in [7, 11) is 0. The van der Waals surface area contributed by atoms with E-state index < -0.39 is 0 Å². The lowest BCUT2D eigenvalue weighted by Gasteiger charge is -2.02. The van der Waals surface area contributed by atoms with Gasteiger partial charge in [0, 0.05) is 0 Å². The molecule has 0 spiro atoms. The van der Waals surface area contributed by atoms with Gasteiger partial charge in [-0.05, 0) is 24.0 Å². The van der Waals surface area contributed by atoms with Crippen molar-refractivity contribution < 1.29 is 0 Å². The molecule has 0 atom stereocenters. The van der Waals surface area contributed by atoms with Crippen LogP contribution in [-0.2, 0) is 0 Å². The quantitative estimate of drug-likeness (QED) is 0.552. The van der Waals surface area contributed by atoms with Crippen LogP contribution in [0.25, 0.3) is 0 Å². The van der Waals surface area contributed by atoms with Crippen molar-refractivity contribution >= 4 is 5.71 Å². The van der Waals surface area contributed by atoms with Crippen LogP contribution in [0.2, 0.25) is 0 Å². The van der Waals surface area contributed by atoms with Crippen LogP contribution in [0.15, 0.2) is 54.6 Å². The molecule has 0 unspecified atom stereocenters. The zero-order valence-corrected chi connectivity index (χ0v) is 12.0. The Hall–Kier alpha value is -1.63. The summed E-state index contributed by atoms with van der Waals surface area (Å²) in [4.78, 5) is 0. The summed E-state index contributed by atoms with van der Waals surface area (Å²) in [5.74, 6) is 0.884. The highest BCUT2D eigenvalue weighted by molar-refractivity contribution is 6.10. The molecule has 0 aromatic heterocycles. The lowest BCUT2D eigenvalue weighted by molar-refractivity contribution is 0.626. The van der Waals surface area contributed by atoms with Crippen LogP contribution in [-0.4, -0.2) is 5.71 Å². The van der Waals surface area contributed by atoms with E-state index in [-0.39, 0.29) is 0 Å². The standard InChI is InChI=1S/C12H13N.C5H12/c1-3-7-10(2)12(13)11-8-5-4-6-9-11;1-4-5(2)3/h3-9,13H,1H2,2H3;5H,4H2,1-3H3/b10-7-,13-12?;. The van der Waals surface area contributed by atoms with E-state index in [4.69, 9.17) is 5.41 Å². The van der Waals surface area contributed by atoms with Crippen molar-refractivity contribution in [2.24, 2.45) is 5.92 Å². The van der Waals surface area contributed by atoms with E-state index in [1.54, 1.807) is 6.08 Å². The largest absolute Gasteiger partial charge is 0.300 e. The average molecular weight is 243 g/mol. The van der Waals surface area contributed by atoms with Crippen LogP contribution in [0.3, 0.4) is 0 Å². The third kappa shape index (κ3) is 6.85. The Morgan fingerprint density at radius 1 is 1.28 bits per heavy atom. The van der Waals surface area contributed by atoms with Gasteiger partial charge in [0.25, 0.3) is 0 Å². The Morgan fingerprint density at radius 3 is 2.17 bits per heavy atom. The predicted octanol–water partition coefficient (Wildman–Crippen LogP) is 5.24. The van der Waals surface area contributed by atoms with Crippen molar-refractivity contribution in [3.63, 3.8) is 0 Å². The fourth-order valence-corrected chi connectivity index (χ4v) is 1.09. The molecule has 0 aliphatic carbocycles. The monoisotopic (exact) mass is 243 g/mol. The molecule has 1 aromatic carbocycles. The summed E-state index contributed by atoms with van der Waals surface area (Å²) >= 11 is 0. The summed E-state index contributed by atoms with van der Waals surface area (Å²) in [6.45, 7) is 12.2. The SMILES string of the molecule is C=C/C=C(/C)C(=N)c1ccccc1.CCC(C)C. The Balaban J connectivity index is 0.000000494. The van der Waals surface area contributed by atoms with Crippen LogP contribution in [0.1, 0.15) is 39.7 Å². The highest BCUT2D eigenvalue weighted by Gasteiger charge is 2.00. The second kappa shape index (κ2) is 9.41. The molecule has 1 rings (SSSR count). The molecule has 0 amide bonds. The van der Waals surface area contributed by atoms with E-state index in [0.717, 1.165) is 17.1 Å². The molecule has 0 bridgehead atoms. The number of hydrogen-bond donors (Lipinski definition) is 1. The van der Waals surface area contributed by atoms with Crippen LogP contribution in [0.4, 0.5) is 0 Å². The third-order valence-corrected chi connectivity index (χ3v) is 2.64. The number of benzene rings is 1. The van der Waals surface area contributed by atoms with Crippen LogP contribution in [0.5, 0.6) is 0 Å². The molecule has 98 valence electrons. The molecular formula is C17H25N. The Bertz CT molecular complexity index is 385. The summed E-state index contributed by atoms with van der Waals surface area (Å²) in [5.41, 5.74) is 2.43. The molecular weight excluding hydrogens is 218 g/mol. The van der Waals surface area contributed by atoms with E-state index in [9.17, 15) is 0 Å². The van der Waals surface area contributed by atoms with Gasteiger partial charge < -0.3 is 0 Å². The Morgan fingerprint density at radius 2 is 1.78 bits per heavy atom. The van der Waals surface area contributed by atoms with Gasteiger partial charge in [-0.3, -0.25) is 5.41 Å². The van der Waals surface area contributed by atoms with Gasteiger partial charge in [0.2, 0.25) is 0 Å². The minimum atomic E-state index is 0.556. The van der Waals surface area contributed by atoms with Gasteiger partial charge >= 0.3 is 0 Å². The first-order chi connectivity index (χ1) is 8.52. The molecule has 0 saturated heterocycles. The van der Waals surface area contributed by atoms with Crippen LogP contribution in [0, 0.1) is 11.3 Å². The van der Waals surface area contributed by atoms with Gasteiger partial charge in [0.05, 0.1) is 5.71 Å². The zero-order valence-electron chi connectivity index (χ0n) is 12.0. The molecule has 0 aliphatic heterocycles. The van der Waals surface area contributed by atoms with Crippen molar-refractivity contribution in [1.29, 1.82) is 5.41 Å². The maximum Gasteiger partial charge on any atom is 0.0641 e. The van der Waals surface area contributed by atoms with Crippen molar-refractivity contribution in [3.05, 3.63) is 60.2 Å². The van der Waals surface area contributed by atoms with Crippen molar-refractivity contribution in [1.82, 2.24) is 0 Å². The summed E-state index contributed by atoms with van der Waals surface area (Å²) in [6.07, 6.45) is 4.85. The van der Waals surface area contributed by atoms with Gasteiger partial charge in [0.15, 0.2) is 0 Å². The van der Waals surface area contributed by atoms with Gasteiger partial charge in [-0.25, -0.2) is 0 Å². The fraction of sp³-hybridized carbons (Fsp3) is 0.353. The fourth-order valence-electron chi connectivity index (χ4n) is 1.09. The van der Waals surface area contributed by atoms with E-state index in [1.165, 1.54) is 6.42 Å². The molecule has 1 aromatic rings. The second-order valence-electron chi connectivity index (χ2n) is 4.63. The van der Waals surface area contributed by atoms with Crippen LogP contribution >= 0.6 is 0 Å².